The molecule has 0 aliphatic rings. The van der Waals surface area contributed by atoms with E-state index in [1.54, 1.807) is 0 Å². The Bertz CT molecular complexity index is 550. The molecule has 23 heavy (non-hydrogen) atoms. The van der Waals surface area contributed by atoms with Gasteiger partial charge in [-0.3, -0.25) is 0 Å². The van der Waals surface area contributed by atoms with E-state index in [4.69, 9.17) is 4.43 Å². The topological polar surface area (TPSA) is 9.23 Å². The summed E-state index contributed by atoms with van der Waals surface area (Å²) in [5, 5.41) is 0. The van der Waals surface area contributed by atoms with E-state index in [0.29, 0.717) is 16.6 Å². The first-order valence-corrected chi connectivity index (χ1v) is 14.5. The molecule has 1 aromatic carbocycles. The van der Waals surface area contributed by atoms with Crippen LogP contribution in [0.2, 0.25) is 36.3 Å². The van der Waals surface area contributed by atoms with Crippen molar-refractivity contribution in [1.82, 2.24) is 0 Å². The van der Waals surface area contributed by atoms with Crippen molar-refractivity contribution in [2.24, 2.45) is 0 Å². The molecule has 0 aliphatic carbocycles. The molecule has 0 atom stereocenters. The van der Waals surface area contributed by atoms with Crippen molar-refractivity contribution in [2.75, 3.05) is 0 Å². The fourth-order valence-corrected chi connectivity index (χ4v) is 9.23. The number of hydrogen-bond donors (Lipinski definition) is 0. The zero-order valence-electron chi connectivity index (χ0n) is 16.4. The maximum atomic E-state index is 6.83. The third-order valence-corrected chi connectivity index (χ3v) is 11.3. The van der Waals surface area contributed by atoms with Crippen molar-refractivity contribution in [3.8, 4) is 17.2 Å². The smallest absolute Gasteiger partial charge is 0.258 e. The third-order valence-electron chi connectivity index (χ3n) is 4.45. The van der Waals surface area contributed by atoms with Gasteiger partial charge < -0.3 is 4.43 Å². The molecular weight excluding hydrogens is 312 g/mol. The Morgan fingerprint density at radius 3 is 1.74 bits per heavy atom. The molecule has 0 unspecified atom stereocenters. The molecule has 0 saturated heterocycles. The Kier molecular flexibility index (Phi) is 6.74. The lowest BCUT2D eigenvalue weighted by molar-refractivity contribution is 0.478. The van der Waals surface area contributed by atoms with Gasteiger partial charge in [0.25, 0.3) is 8.32 Å². The van der Waals surface area contributed by atoms with E-state index in [0.717, 1.165) is 11.3 Å². The van der Waals surface area contributed by atoms with Gasteiger partial charge in [-0.05, 0) is 28.8 Å². The van der Waals surface area contributed by atoms with Crippen LogP contribution in [-0.4, -0.2) is 16.4 Å². The van der Waals surface area contributed by atoms with Crippen LogP contribution in [0, 0.1) is 11.5 Å². The molecule has 1 rings (SSSR count). The first kappa shape index (κ1) is 20.1. The standard InChI is InChI=1S/C20H34OSi2/c1-16(2)23(17(3)4,18(5)6)21-20-13-11-10-12-19(20)14-15-22(7,8)9/h10-13,16-18H,1-9H3. The van der Waals surface area contributed by atoms with Crippen molar-refractivity contribution in [1.29, 1.82) is 0 Å². The van der Waals surface area contributed by atoms with Gasteiger partial charge >= 0.3 is 0 Å². The second kappa shape index (κ2) is 7.72. The first-order chi connectivity index (χ1) is 10.5. The van der Waals surface area contributed by atoms with Crippen LogP contribution in [-0.2, 0) is 0 Å². The van der Waals surface area contributed by atoms with E-state index < -0.39 is 16.4 Å². The Hall–Kier alpha value is -0.986. The summed E-state index contributed by atoms with van der Waals surface area (Å²) in [6.07, 6.45) is 0. The Labute approximate surface area is 146 Å². The van der Waals surface area contributed by atoms with Crippen LogP contribution >= 0.6 is 0 Å². The molecule has 0 spiro atoms. The van der Waals surface area contributed by atoms with Gasteiger partial charge in [0.1, 0.15) is 13.8 Å². The fraction of sp³-hybridized carbons (Fsp3) is 0.600. The van der Waals surface area contributed by atoms with E-state index in [-0.39, 0.29) is 0 Å². The minimum absolute atomic E-state index is 0.570. The molecule has 0 aliphatic heterocycles. The minimum atomic E-state index is -1.93. The normalized spacial score (nSPS) is 12.5. The maximum Gasteiger partial charge on any atom is 0.258 e. The lowest BCUT2D eigenvalue weighted by Crippen LogP contribution is -2.50. The quantitative estimate of drug-likeness (QED) is 0.438. The molecule has 0 fully saturated rings. The van der Waals surface area contributed by atoms with Crippen LogP contribution in [0.4, 0.5) is 0 Å². The van der Waals surface area contributed by atoms with Gasteiger partial charge in [0.15, 0.2) is 0 Å². The number of benzene rings is 1. The van der Waals surface area contributed by atoms with Gasteiger partial charge in [0.05, 0.1) is 5.56 Å². The lowest BCUT2D eigenvalue weighted by Gasteiger charge is -2.42. The van der Waals surface area contributed by atoms with E-state index >= 15 is 0 Å². The van der Waals surface area contributed by atoms with Crippen molar-refractivity contribution in [2.45, 2.75) is 77.8 Å². The zero-order chi connectivity index (χ0) is 17.8. The van der Waals surface area contributed by atoms with Crippen molar-refractivity contribution >= 4 is 16.4 Å². The van der Waals surface area contributed by atoms with E-state index in [9.17, 15) is 0 Å². The molecule has 0 bridgehead atoms. The van der Waals surface area contributed by atoms with Crippen molar-refractivity contribution in [3.63, 3.8) is 0 Å². The van der Waals surface area contributed by atoms with Crippen LogP contribution in [0.3, 0.4) is 0 Å². The van der Waals surface area contributed by atoms with Gasteiger partial charge in [-0.25, -0.2) is 0 Å². The van der Waals surface area contributed by atoms with Crippen molar-refractivity contribution in [3.05, 3.63) is 29.8 Å². The highest BCUT2D eigenvalue weighted by molar-refractivity contribution is 6.84. The van der Waals surface area contributed by atoms with E-state index in [1.807, 2.05) is 0 Å². The highest BCUT2D eigenvalue weighted by Crippen LogP contribution is 2.43. The molecule has 1 nitrogen and oxygen atoms in total. The Morgan fingerprint density at radius 2 is 1.30 bits per heavy atom. The summed E-state index contributed by atoms with van der Waals surface area (Å²) in [6, 6.07) is 8.32. The minimum Gasteiger partial charge on any atom is -0.542 e. The Morgan fingerprint density at radius 1 is 0.826 bits per heavy atom. The predicted octanol–water partition coefficient (Wildman–Crippen LogP) is 6.47. The molecule has 128 valence electrons. The molecular formula is C20H34OSi2. The summed E-state index contributed by atoms with van der Waals surface area (Å²) in [7, 11) is -3.32. The maximum absolute atomic E-state index is 6.83. The van der Waals surface area contributed by atoms with E-state index in [2.05, 4.69) is 96.9 Å². The highest BCUT2D eigenvalue weighted by atomic mass is 28.4. The van der Waals surface area contributed by atoms with Crippen LogP contribution in [0.25, 0.3) is 0 Å². The highest BCUT2D eigenvalue weighted by Gasteiger charge is 2.47. The van der Waals surface area contributed by atoms with Gasteiger partial charge in [-0.1, -0.05) is 79.2 Å². The average Bonchev–Trinajstić information content (AvgIpc) is 2.41. The third kappa shape index (κ3) is 4.99. The number of hydrogen-bond acceptors (Lipinski definition) is 1. The SMILES string of the molecule is CC(C)[Si](Oc1ccccc1C#C[Si](C)(C)C)(C(C)C)C(C)C. The second-order valence-corrected chi connectivity index (χ2v) is 18.5. The van der Waals surface area contributed by atoms with Crippen LogP contribution in [0.5, 0.6) is 5.75 Å². The first-order valence-electron chi connectivity index (χ1n) is 8.82. The molecule has 0 heterocycles. The Balaban J connectivity index is 3.33. The molecule has 1 aromatic rings. The van der Waals surface area contributed by atoms with Gasteiger partial charge in [0.2, 0.25) is 0 Å². The second-order valence-electron chi connectivity index (χ2n) is 8.42. The van der Waals surface area contributed by atoms with Crippen LogP contribution in [0.1, 0.15) is 47.1 Å². The average molecular weight is 347 g/mol. The van der Waals surface area contributed by atoms with Gasteiger partial charge in [-0.2, -0.15) is 0 Å². The zero-order valence-corrected chi connectivity index (χ0v) is 18.4. The summed E-state index contributed by atoms with van der Waals surface area (Å²) in [4.78, 5) is 0. The van der Waals surface area contributed by atoms with E-state index in [1.165, 1.54) is 0 Å². The van der Waals surface area contributed by atoms with Crippen LogP contribution in [0.15, 0.2) is 24.3 Å². The number of para-hydroxylation sites is 1. The lowest BCUT2D eigenvalue weighted by atomic mass is 10.2. The molecule has 0 amide bonds. The largest absolute Gasteiger partial charge is 0.542 e. The summed E-state index contributed by atoms with van der Waals surface area (Å²) < 4.78 is 6.83. The summed E-state index contributed by atoms with van der Waals surface area (Å²) >= 11 is 0. The van der Waals surface area contributed by atoms with Crippen molar-refractivity contribution < 1.29 is 4.43 Å². The monoisotopic (exact) mass is 346 g/mol. The van der Waals surface area contributed by atoms with Gasteiger partial charge in [0, 0.05) is 0 Å². The fourth-order valence-electron chi connectivity index (χ4n) is 3.46. The predicted molar refractivity (Wildman–Crippen MR) is 108 cm³/mol. The number of rotatable bonds is 5. The molecule has 0 N–H and O–H groups in total. The summed E-state index contributed by atoms with van der Waals surface area (Å²) in [5.74, 6) is 4.39. The van der Waals surface area contributed by atoms with Gasteiger partial charge in [-0.15, -0.1) is 5.54 Å². The molecule has 0 aromatic heterocycles. The molecule has 3 heteroatoms. The summed E-state index contributed by atoms with van der Waals surface area (Å²) in [5.41, 5.74) is 6.24. The van der Waals surface area contributed by atoms with Crippen LogP contribution < -0.4 is 4.43 Å². The summed E-state index contributed by atoms with van der Waals surface area (Å²) in [6.45, 7) is 20.8. The molecule has 0 saturated carbocycles. The molecule has 0 radical (unpaired) electrons.